The Morgan fingerprint density at radius 1 is 1.11 bits per heavy atom. The molecule has 0 aromatic heterocycles. The molecule has 0 aromatic rings. The van der Waals surface area contributed by atoms with E-state index in [1.54, 1.807) is 0 Å². The molecule has 0 bridgehead atoms. The van der Waals surface area contributed by atoms with Crippen LogP contribution in [0.2, 0.25) is 0 Å². The van der Waals surface area contributed by atoms with E-state index in [1.807, 2.05) is 0 Å². The van der Waals surface area contributed by atoms with Crippen molar-refractivity contribution in [3.8, 4) is 0 Å². The third-order valence-electron chi connectivity index (χ3n) is 5.66. The molecule has 4 aliphatic rings. The Labute approximate surface area is 124 Å². The van der Waals surface area contributed by atoms with Gasteiger partial charge < -0.3 is 9.47 Å². The lowest BCUT2D eigenvalue weighted by Gasteiger charge is -2.41. The van der Waals surface area contributed by atoms with Gasteiger partial charge in [0, 0.05) is 19.0 Å². The van der Waals surface area contributed by atoms with Gasteiger partial charge in [0.25, 0.3) is 0 Å². The monoisotopic (exact) mass is 305 g/mol. The highest BCUT2D eigenvalue weighted by Gasteiger charge is 2.93. The molecule has 2 aliphatic carbocycles. The summed E-state index contributed by atoms with van der Waals surface area (Å²) in [6.45, 7) is 10.1. The summed E-state index contributed by atoms with van der Waals surface area (Å²) in [5.74, 6) is 0.287. The van der Waals surface area contributed by atoms with Gasteiger partial charge >= 0.3 is 0 Å². The van der Waals surface area contributed by atoms with E-state index < -0.39 is 4.33 Å². The maximum absolute atomic E-state index is 6.77. The van der Waals surface area contributed by atoms with Gasteiger partial charge in [-0.2, -0.15) is 0 Å². The first kappa shape index (κ1) is 13.1. The lowest BCUT2D eigenvalue weighted by molar-refractivity contribution is -0.0130. The van der Waals surface area contributed by atoms with E-state index in [2.05, 4.69) is 25.7 Å². The molecule has 0 aromatic carbocycles. The number of hydrogen-bond donors (Lipinski definition) is 0. The molecule has 4 atom stereocenters. The van der Waals surface area contributed by atoms with E-state index in [0.717, 1.165) is 32.7 Å². The van der Waals surface area contributed by atoms with E-state index in [1.165, 1.54) is 0 Å². The second kappa shape index (κ2) is 3.44. The Kier molecular flexibility index (Phi) is 2.38. The van der Waals surface area contributed by atoms with Gasteiger partial charge in [0.1, 0.15) is 10.4 Å². The lowest BCUT2D eigenvalue weighted by Crippen LogP contribution is -2.55. The van der Waals surface area contributed by atoms with Gasteiger partial charge in [0.2, 0.25) is 0 Å². The van der Waals surface area contributed by atoms with Crippen molar-refractivity contribution < 1.29 is 9.47 Å². The highest BCUT2D eigenvalue weighted by atomic mass is 35.5. The van der Waals surface area contributed by atoms with E-state index in [0.29, 0.717) is 0 Å². The van der Waals surface area contributed by atoms with Gasteiger partial charge in [-0.25, -0.2) is 0 Å². The normalized spacial score (nSPS) is 54.2. The van der Waals surface area contributed by atoms with Crippen molar-refractivity contribution in [1.29, 1.82) is 0 Å². The lowest BCUT2D eigenvalue weighted by atomic mass is 9.70. The van der Waals surface area contributed by atoms with Crippen molar-refractivity contribution in [3.63, 3.8) is 0 Å². The summed E-state index contributed by atoms with van der Waals surface area (Å²) in [5, 5.41) is 0. The Morgan fingerprint density at radius 2 is 1.74 bits per heavy atom. The van der Waals surface area contributed by atoms with Crippen molar-refractivity contribution in [2.45, 2.75) is 48.8 Å². The molecule has 0 spiro atoms. The second-order valence-electron chi connectivity index (χ2n) is 7.46. The number of halogens is 2. The Morgan fingerprint density at radius 3 is 2.37 bits per heavy atom. The molecule has 2 saturated carbocycles. The van der Waals surface area contributed by atoms with Crippen LogP contribution in [-0.2, 0) is 9.47 Å². The minimum atomic E-state index is -0.688. The highest BCUT2D eigenvalue weighted by molar-refractivity contribution is 6.53. The van der Waals surface area contributed by atoms with Gasteiger partial charge in [-0.05, 0) is 18.8 Å². The molecular weight excluding hydrogens is 285 g/mol. The van der Waals surface area contributed by atoms with Crippen molar-refractivity contribution in [2.75, 3.05) is 26.3 Å². The number of morpholine rings is 1. The predicted octanol–water partition coefficient (Wildman–Crippen LogP) is 2.45. The summed E-state index contributed by atoms with van der Waals surface area (Å²) in [4.78, 5) is 2.44. The fourth-order valence-corrected chi connectivity index (χ4v) is 6.72. The van der Waals surface area contributed by atoms with Crippen molar-refractivity contribution in [2.24, 2.45) is 11.3 Å². The molecule has 4 fully saturated rings. The van der Waals surface area contributed by atoms with Crippen molar-refractivity contribution in [1.82, 2.24) is 4.90 Å². The first-order valence-electron chi connectivity index (χ1n) is 7.15. The molecule has 0 radical (unpaired) electrons. The minimum absolute atomic E-state index is 0.0379. The van der Waals surface area contributed by atoms with E-state index in [9.17, 15) is 0 Å². The number of nitrogens with zero attached hydrogens (tertiary/aromatic N) is 1. The zero-order chi connectivity index (χ0) is 13.7. The van der Waals surface area contributed by atoms with Crippen LogP contribution in [0.5, 0.6) is 0 Å². The number of epoxide rings is 1. The third kappa shape index (κ3) is 1.37. The largest absolute Gasteiger partial charge is 0.379 e. The van der Waals surface area contributed by atoms with Gasteiger partial charge in [0.05, 0.1) is 24.4 Å². The molecule has 2 saturated heterocycles. The molecule has 5 heteroatoms. The summed E-state index contributed by atoms with van der Waals surface area (Å²) < 4.78 is 10.9. The maximum Gasteiger partial charge on any atom is 0.144 e. The molecule has 19 heavy (non-hydrogen) atoms. The molecular formula is C14H21Cl2NO2. The van der Waals surface area contributed by atoms with Crippen molar-refractivity contribution >= 4 is 23.2 Å². The van der Waals surface area contributed by atoms with Crippen LogP contribution in [0, 0.1) is 11.3 Å². The first-order valence-corrected chi connectivity index (χ1v) is 7.91. The van der Waals surface area contributed by atoms with Crippen LogP contribution in [0.4, 0.5) is 0 Å². The van der Waals surface area contributed by atoms with Gasteiger partial charge in [-0.3, -0.25) is 4.90 Å². The fourth-order valence-electron chi connectivity index (χ4n) is 5.25. The van der Waals surface area contributed by atoms with Crippen LogP contribution >= 0.6 is 23.2 Å². The number of rotatable bonds is 1. The highest BCUT2D eigenvalue weighted by Crippen LogP contribution is 2.81. The number of fused-ring (bicyclic) bond motifs is 3. The van der Waals surface area contributed by atoms with Crippen LogP contribution in [-0.4, -0.2) is 52.8 Å². The van der Waals surface area contributed by atoms with E-state index in [4.69, 9.17) is 32.7 Å². The predicted molar refractivity (Wildman–Crippen MR) is 74.7 cm³/mol. The summed E-state index contributed by atoms with van der Waals surface area (Å²) >= 11 is 13.5. The third-order valence-corrected chi connectivity index (χ3v) is 6.70. The number of alkyl halides is 2. The van der Waals surface area contributed by atoms with Gasteiger partial charge in [0.15, 0.2) is 0 Å². The molecule has 0 N–H and O–H groups in total. The van der Waals surface area contributed by atoms with Gasteiger partial charge in [-0.15, -0.1) is 0 Å². The number of hydrogen-bond acceptors (Lipinski definition) is 3. The zero-order valence-electron chi connectivity index (χ0n) is 11.7. The van der Waals surface area contributed by atoms with Crippen LogP contribution < -0.4 is 0 Å². The SMILES string of the molecule is CC1(C)CC2(C)OC2C2(N3CCOCC3)C1C2(Cl)Cl. The van der Waals surface area contributed by atoms with Crippen LogP contribution in [0.15, 0.2) is 0 Å². The van der Waals surface area contributed by atoms with Crippen LogP contribution in [0.1, 0.15) is 27.2 Å². The molecule has 2 aliphatic heterocycles. The summed E-state index contributed by atoms with van der Waals surface area (Å²) in [6, 6.07) is 0. The van der Waals surface area contributed by atoms with Crippen molar-refractivity contribution in [3.05, 3.63) is 0 Å². The van der Waals surface area contributed by atoms with E-state index >= 15 is 0 Å². The molecule has 4 unspecified atom stereocenters. The second-order valence-corrected chi connectivity index (χ2v) is 8.84. The maximum atomic E-state index is 6.77. The first-order chi connectivity index (χ1) is 8.77. The average molecular weight is 306 g/mol. The Hall–Kier alpha value is 0.460. The summed E-state index contributed by atoms with van der Waals surface area (Å²) in [7, 11) is 0. The van der Waals surface area contributed by atoms with Gasteiger partial charge in [-0.1, -0.05) is 37.0 Å². The standard InChI is InChI=1S/C14H21Cl2NO2/c1-11(2)8-12(3)10(19-12)13(9(11)14(13,15)16)17-4-6-18-7-5-17/h9-10H,4-8H2,1-3H3. The fraction of sp³-hybridized carbons (Fsp3) is 1.00. The molecule has 4 rings (SSSR count). The molecule has 108 valence electrons. The number of ether oxygens (including phenoxy) is 2. The minimum Gasteiger partial charge on any atom is -0.379 e. The summed E-state index contributed by atoms with van der Waals surface area (Å²) in [6.07, 6.45) is 1.23. The quantitative estimate of drug-likeness (QED) is 0.549. The molecule has 3 nitrogen and oxygen atoms in total. The Balaban J connectivity index is 1.77. The van der Waals surface area contributed by atoms with E-state index in [-0.39, 0.29) is 28.6 Å². The van der Waals surface area contributed by atoms with Crippen LogP contribution in [0.3, 0.4) is 0 Å². The topological polar surface area (TPSA) is 25.0 Å². The molecule has 0 amide bonds. The molecule has 2 heterocycles. The average Bonchev–Trinajstić information content (AvgIpc) is 3.11. The Bertz CT molecular complexity index is 435. The zero-order valence-corrected chi connectivity index (χ0v) is 13.2. The summed E-state index contributed by atoms with van der Waals surface area (Å²) in [5.41, 5.74) is -0.121. The smallest absolute Gasteiger partial charge is 0.144 e. The van der Waals surface area contributed by atoms with Crippen LogP contribution in [0.25, 0.3) is 0 Å².